The predicted molar refractivity (Wildman–Crippen MR) is 78.7 cm³/mol. The van der Waals surface area contributed by atoms with E-state index in [9.17, 15) is 0 Å². The van der Waals surface area contributed by atoms with Crippen molar-refractivity contribution in [2.24, 2.45) is 11.3 Å². The second-order valence-electron chi connectivity index (χ2n) is 5.96. The van der Waals surface area contributed by atoms with E-state index in [1.165, 1.54) is 48.3 Å². The third-order valence-corrected chi connectivity index (χ3v) is 6.36. The Kier molecular flexibility index (Phi) is 2.71. The number of allylic oxidation sites excluding steroid dienone is 1. The fourth-order valence-electron chi connectivity index (χ4n) is 3.74. The molecule has 0 aromatic heterocycles. The molecular formula is C13H18BrN3S. The van der Waals surface area contributed by atoms with Crippen LogP contribution in [0.25, 0.3) is 0 Å². The third-order valence-electron chi connectivity index (χ3n) is 4.68. The van der Waals surface area contributed by atoms with Crippen molar-refractivity contribution in [3.8, 4) is 0 Å². The van der Waals surface area contributed by atoms with Crippen molar-refractivity contribution in [2.75, 3.05) is 13.1 Å². The molecule has 1 atom stereocenters. The predicted octanol–water partition coefficient (Wildman–Crippen LogP) is 2.74. The number of hydrogen-bond donors (Lipinski definition) is 2. The van der Waals surface area contributed by atoms with Crippen LogP contribution in [0.15, 0.2) is 21.9 Å². The normalized spacial score (nSPS) is 42.2. The lowest BCUT2D eigenvalue weighted by Gasteiger charge is -2.50. The summed E-state index contributed by atoms with van der Waals surface area (Å²) in [7, 11) is 0. The highest BCUT2D eigenvalue weighted by Gasteiger charge is 2.47. The molecule has 1 unspecified atom stereocenters. The molecule has 0 amide bonds. The fourth-order valence-corrected chi connectivity index (χ4v) is 5.34. The quantitative estimate of drug-likeness (QED) is 0.774. The highest BCUT2D eigenvalue weighted by Crippen LogP contribution is 2.53. The van der Waals surface area contributed by atoms with Gasteiger partial charge in [0.2, 0.25) is 0 Å². The van der Waals surface area contributed by atoms with Crippen LogP contribution in [0.2, 0.25) is 0 Å². The summed E-state index contributed by atoms with van der Waals surface area (Å²) >= 11 is 5.39. The Hall–Kier alpha value is -0.130. The molecule has 2 fully saturated rings. The van der Waals surface area contributed by atoms with Crippen LogP contribution < -0.4 is 10.6 Å². The van der Waals surface area contributed by atoms with Crippen molar-refractivity contribution in [3.05, 3.63) is 21.9 Å². The van der Waals surface area contributed by atoms with E-state index in [0.29, 0.717) is 10.9 Å². The molecule has 1 saturated carbocycles. The summed E-state index contributed by atoms with van der Waals surface area (Å²) in [4.78, 5) is 2.29. The lowest BCUT2D eigenvalue weighted by atomic mass is 9.58. The average molecular weight is 328 g/mol. The molecule has 2 N–H and O–H groups in total. The number of thioether (sulfide) groups is 1. The molecule has 5 heteroatoms. The molecular weight excluding hydrogens is 310 g/mol. The maximum atomic E-state index is 3.65. The highest BCUT2D eigenvalue weighted by atomic mass is 79.9. The van der Waals surface area contributed by atoms with Crippen molar-refractivity contribution >= 4 is 27.7 Å². The monoisotopic (exact) mass is 327 g/mol. The first-order valence-corrected chi connectivity index (χ1v) is 8.42. The maximum absolute atomic E-state index is 3.65. The van der Waals surface area contributed by atoms with E-state index in [1.54, 1.807) is 0 Å². The Morgan fingerprint density at radius 1 is 1.39 bits per heavy atom. The van der Waals surface area contributed by atoms with Gasteiger partial charge in [0, 0.05) is 30.6 Å². The van der Waals surface area contributed by atoms with Crippen LogP contribution in [0.1, 0.15) is 25.7 Å². The van der Waals surface area contributed by atoms with Crippen molar-refractivity contribution < 1.29 is 0 Å². The average Bonchev–Trinajstić information content (AvgIpc) is 2.83. The van der Waals surface area contributed by atoms with E-state index < -0.39 is 0 Å². The molecule has 1 spiro atoms. The van der Waals surface area contributed by atoms with Crippen LogP contribution in [0.3, 0.4) is 0 Å². The molecule has 1 aliphatic carbocycles. The van der Waals surface area contributed by atoms with Crippen molar-refractivity contribution in [1.82, 2.24) is 15.5 Å². The molecule has 0 radical (unpaired) electrons. The SMILES string of the molecule is BrC1=CN2C=C(C3CC4(CCCNC4)C3)NC2S1. The Bertz CT molecular complexity index is 420. The largest absolute Gasteiger partial charge is 0.358 e. The third kappa shape index (κ3) is 1.82. The van der Waals surface area contributed by atoms with Gasteiger partial charge in [0.15, 0.2) is 5.50 Å². The summed E-state index contributed by atoms with van der Waals surface area (Å²) in [6, 6.07) is 0. The summed E-state index contributed by atoms with van der Waals surface area (Å²) in [6.07, 6.45) is 10.0. The van der Waals surface area contributed by atoms with Gasteiger partial charge in [0.05, 0.1) is 3.81 Å². The van der Waals surface area contributed by atoms with E-state index in [0.717, 1.165) is 5.92 Å². The molecule has 4 aliphatic rings. The summed E-state index contributed by atoms with van der Waals surface area (Å²) in [5.74, 6) is 0.767. The van der Waals surface area contributed by atoms with E-state index in [4.69, 9.17) is 0 Å². The van der Waals surface area contributed by atoms with E-state index in [-0.39, 0.29) is 0 Å². The number of halogens is 1. The molecule has 0 aromatic carbocycles. The van der Waals surface area contributed by atoms with Gasteiger partial charge in [-0.2, -0.15) is 0 Å². The Balaban J connectivity index is 1.41. The summed E-state index contributed by atoms with van der Waals surface area (Å²) in [5, 5.41) is 7.22. The molecule has 1 saturated heterocycles. The Morgan fingerprint density at radius 2 is 2.28 bits per heavy atom. The zero-order valence-electron chi connectivity index (χ0n) is 10.3. The smallest absolute Gasteiger partial charge is 0.156 e. The maximum Gasteiger partial charge on any atom is 0.156 e. The molecule has 18 heavy (non-hydrogen) atoms. The van der Waals surface area contributed by atoms with E-state index in [2.05, 4.69) is 43.9 Å². The Labute approximate surface area is 121 Å². The molecule has 4 rings (SSSR count). The first-order valence-electron chi connectivity index (χ1n) is 6.75. The number of nitrogens with zero attached hydrogens (tertiary/aromatic N) is 1. The number of rotatable bonds is 1. The van der Waals surface area contributed by atoms with Crippen LogP contribution >= 0.6 is 27.7 Å². The van der Waals surface area contributed by atoms with Crippen LogP contribution in [0, 0.1) is 11.3 Å². The number of nitrogens with one attached hydrogen (secondary N) is 2. The highest BCUT2D eigenvalue weighted by molar-refractivity contribution is 9.14. The summed E-state index contributed by atoms with van der Waals surface area (Å²) in [5.41, 5.74) is 2.48. The van der Waals surface area contributed by atoms with Crippen LogP contribution in [-0.2, 0) is 0 Å². The van der Waals surface area contributed by atoms with Gasteiger partial charge in [-0.15, -0.1) is 0 Å². The molecule has 3 aliphatic heterocycles. The zero-order valence-corrected chi connectivity index (χ0v) is 12.7. The second-order valence-corrected chi connectivity index (χ2v) is 8.47. The van der Waals surface area contributed by atoms with Gasteiger partial charge in [0.1, 0.15) is 0 Å². The van der Waals surface area contributed by atoms with Crippen molar-refractivity contribution in [3.63, 3.8) is 0 Å². The van der Waals surface area contributed by atoms with Gasteiger partial charge in [-0.1, -0.05) is 11.8 Å². The first-order chi connectivity index (χ1) is 8.74. The van der Waals surface area contributed by atoms with Crippen molar-refractivity contribution in [1.29, 1.82) is 0 Å². The minimum absolute atomic E-state index is 0.399. The summed E-state index contributed by atoms with van der Waals surface area (Å²) < 4.78 is 1.22. The van der Waals surface area contributed by atoms with Crippen LogP contribution in [0.5, 0.6) is 0 Å². The molecule has 0 aromatic rings. The minimum Gasteiger partial charge on any atom is -0.358 e. The topological polar surface area (TPSA) is 27.3 Å². The first kappa shape index (κ1) is 11.7. The lowest BCUT2D eigenvalue weighted by Crippen LogP contribution is -2.50. The summed E-state index contributed by atoms with van der Waals surface area (Å²) in [6.45, 7) is 2.46. The van der Waals surface area contributed by atoms with Gasteiger partial charge < -0.3 is 15.5 Å². The van der Waals surface area contributed by atoms with E-state index in [1.807, 2.05) is 11.8 Å². The van der Waals surface area contributed by atoms with Crippen molar-refractivity contribution in [2.45, 2.75) is 31.2 Å². The molecule has 3 heterocycles. The fraction of sp³-hybridized carbons (Fsp3) is 0.692. The Morgan fingerprint density at radius 3 is 3.00 bits per heavy atom. The standard InChI is InChI=1S/C13H18BrN3S/c14-11-7-17-6-10(16-12(17)18-11)9-4-13(5-9)2-1-3-15-8-13/h6-7,9,12,15-16H,1-5,8H2. The minimum atomic E-state index is 0.399. The second kappa shape index (κ2) is 4.18. The van der Waals surface area contributed by atoms with Gasteiger partial charge in [-0.3, -0.25) is 0 Å². The van der Waals surface area contributed by atoms with Gasteiger partial charge >= 0.3 is 0 Å². The van der Waals surface area contributed by atoms with Gasteiger partial charge in [-0.05, 0) is 53.6 Å². The van der Waals surface area contributed by atoms with Gasteiger partial charge in [0.25, 0.3) is 0 Å². The number of hydrogen-bond acceptors (Lipinski definition) is 4. The van der Waals surface area contributed by atoms with Gasteiger partial charge in [-0.25, -0.2) is 0 Å². The zero-order chi connectivity index (χ0) is 12.2. The number of fused-ring (bicyclic) bond motifs is 1. The van der Waals surface area contributed by atoms with Crippen LogP contribution in [-0.4, -0.2) is 23.5 Å². The van der Waals surface area contributed by atoms with Crippen LogP contribution in [0.4, 0.5) is 0 Å². The lowest BCUT2D eigenvalue weighted by molar-refractivity contribution is 0.0441. The molecule has 3 nitrogen and oxygen atoms in total. The van der Waals surface area contributed by atoms with E-state index >= 15 is 0 Å². The number of piperidine rings is 1. The molecule has 0 bridgehead atoms. The molecule has 98 valence electrons.